The Morgan fingerprint density at radius 1 is 1.14 bits per heavy atom. The summed E-state index contributed by atoms with van der Waals surface area (Å²) in [5, 5.41) is 0. The molecule has 0 atom stereocenters. The molecule has 0 saturated carbocycles. The normalized spacial score (nSPS) is 10.7. The molecule has 5 nitrogen and oxygen atoms in total. The van der Waals surface area contributed by atoms with Crippen LogP contribution in [0.1, 0.15) is 13.8 Å². The Morgan fingerprint density at radius 2 is 1.90 bits per heavy atom. The molecule has 0 aliphatic heterocycles. The van der Waals surface area contributed by atoms with Crippen LogP contribution in [-0.4, -0.2) is 18.7 Å². The largest absolute Gasteiger partial charge is 0.494 e. The van der Waals surface area contributed by atoms with Gasteiger partial charge in [0.1, 0.15) is 5.75 Å². The van der Waals surface area contributed by atoms with Gasteiger partial charge < -0.3 is 20.9 Å². The molecule has 0 radical (unpaired) electrons. The van der Waals surface area contributed by atoms with Crippen molar-refractivity contribution in [3.63, 3.8) is 0 Å². The minimum Gasteiger partial charge on any atom is -0.494 e. The first-order chi connectivity index (χ1) is 10.0. The SMILES string of the molecule is COc1cnccc1-c1ccc(N)c(N)c1OCC(C)C. The van der Waals surface area contributed by atoms with Crippen molar-refractivity contribution in [1.29, 1.82) is 0 Å². The minimum absolute atomic E-state index is 0.387. The number of benzene rings is 1. The number of nitrogens with zero attached hydrogens (tertiary/aromatic N) is 1. The third-order valence-electron chi connectivity index (χ3n) is 3.09. The van der Waals surface area contributed by atoms with Gasteiger partial charge in [0, 0.05) is 17.3 Å². The van der Waals surface area contributed by atoms with E-state index >= 15 is 0 Å². The van der Waals surface area contributed by atoms with Gasteiger partial charge in [-0.3, -0.25) is 4.98 Å². The van der Waals surface area contributed by atoms with Gasteiger partial charge in [0.15, 0.2) is 5.75 Å². The van der Waals surface area contributed by atoms with E-state index < -0.39 is 0 Å². The van der Waals surface area contributed by atoms with E-state index in [1.54, 1.807) is 25.6 Å². The van der Waals surface area contributed by atoms with E-state index in [1.165, 1.54) is 0 Å². The molecule has 2 rings (SSSR count). The second-order valence-electron chi connectivity index (χ2n) is 5.23. The van der Waals surface area contributed by atoms with Gasteiger partial charge in [-0.05, 0) is 24.1 Å². The Kier molecular flexibility index (Phi) is 4.52. The topological polar surface area (TPSA) is 83.4 Å². The fourth-order valence-corrected chi connectivity index (χ4v) is 2.00. The molecular weight excluding hydrogens is 266 g/mol. The van der Waals surface area contributed by atoms with Crippen molar-refractivity contribution in [3.8, 4) is 22.6 Å². The van der Waals surface area contributed by atoms with Crippen molar-refractivity contribution in [2.24, 2.45) is 5.92 Å². The maximum absolute atomic E-state index is 6.09. The Bertz CT molecular complexity index is 627. The van der Waals surface area contributed by atoms with Gasteiger partial charge in [-0.1, -0.05) is 13.8 Å². The summed E-state index contributed by atoms with van der Waals surface area (Å²) in [6, 6.07) is 5.53. The first-order valence-electron chi connectivity index (χ1n) is 6.83. The zero-order valence-electron chi connectivity index (χ0n) is 12.6. The number of pyridine rings is 1. The van der Waals surface area contributed by atoms with Crippen LogP contribution in [0.3, 0.4) is 0 Å². The Balaban J connectivity index is 2.54. The van der Waals surface area contributed by atoms with Gasteiger partial charge in [-0.25, -0.2) is 0 Å². The molecule has 1 aromatic carbocycles. The van der Waals surface area contributed by atoms with E-state index in [4.69, 9.17) is 20.9 Å². The number of ether oxygens (including phenoxy) is 2. The third-order valence-corrected chi connectivity index (χ3v) is 3.09. The van der Waals surface area contributed by atoms with E-state index in [0.717, 1.165) is 11.1 Å². The van der Waals surface area contributed by atoms with E-state index in [1.807, 2.05) is 12.1 Å². The Morgan fingerprint density at radius 3 is 2.57 bits per heavy atom. The predicted molar refractivity (Wildman–Crippen MR) is 85.4 cm³/mol. The van der Waals surface area contributed by atoms with E-state index in [9.17, 15) is 0 Å². The molecule has 0 amide bonds. The quantitative estimate of drug-likeness (QED) is 0.826. The molecule has 0 aliphatic carbocycles. The number of nitrogen functional groups attached to an aromatic ring is 2. The van der Waals surface area contributed by atoms with Crippen molar-refractivity contribution in [2.45, 2.75) is 13.8 Å². The number of anilines is 2. The highest BCUT2D eigenvalue weighted by molar-refractivity contribution is 5.86. The van der Waals surface area contributed by atoms with Crippen LogP contribution in [0.5, 0.6) is 11.5 Å². The molecule has 2 aromatic rings. The molecule has 1 aromatic heterocycles. The third kappa shape index (κ3) is 3.18. The van der Waals surface area contributed by atoms with E-state index in [-0.39, 0.29) is 0 Å². The summed E-state index contributed by atoms with van der Waals surface area (Å²) in [7, 11) is 1.61. The lowest BCUT2D eigenvalue weighted by Gasteiger charge is -2.18. The fourth-order valence-electron chi connectivity index (χ4n) is 2.00. The number of methoxy groups -OCH3 is 1. The van der Waals surface area contributed by atoms with Gasteiger partial charge in [0.25, 0.3) is 0 Å². The lowest BCUT2D eigenvalue weighted by atomic mass is 10.0. The number of hydrogen-bond donors (Lipinski definition) is 2. The summed E-state index contributed by atoms with van der Waals surface area (Å²) >= 11 is 0. The first-order valence-corrected chi connectivity index (χ1v) is 6.83. The molecule has 21 heavy (non-hydrogen) atoms. The van der Waals surface area contributed by atoms with E-state index in [2.05, 4.69) is 18.8 Å². The van der Waals surface area contributed by atoms with Crippen molar-refractivity contribution in [1.82, 2.24) is 4.98 Å². The summed E-state index contributed by atoms with van der Waals surface area (Å²) in [6.45, 7) is 4.72. The maximum Gasteiger partial charge on any atom is 0.152 e. The molecule has 112 valence electrons. The number of hydrogen-bond acceptors (Lipinski definition) is 5. The van der Waals surface area contributed by atoms with Crippen molar-refractivity contribution >= 4 is 11.4 Å². The maximum atomic E-state index is 6.09. The van der Waals surface area contributed by atoms with Crippen molar-refractivity contribution in [2.75, 3.05) is 25.2 Å². The molecule has 1 heterocycles. The van der Waals surface area contributed by atoms with Gasteiger partial charge in [-0.15, -0.1) is 0 Å². The van der Waals surface area contributed by atoms with Crippen LogP contribution in [0.25, 0.3) is 11.1 Å². The summed E-state index contributed by atoms with van der Waals surface area (Å²) in [5.74, 6) is 1.64. The average Bonchev–Trinajstić information content (AvgIpc) is 2.48. The van der Waals surface area contributed by atoms with Crippen molar-refractivity contribution in [3.05, 3.63) is 30.6 Å². The predicted octanol–water partition coefficient (Wildman–Crippen LogP) is 2.96. The smallest absolute Gasteiger partial charge is 0.152 e. The second-order valence-corrected chi connectivity index (χ2v) is 5.23. The average molecular weight is 287 g/mol. The summed E-state index contributed by atoms with van der Waals surface area (Å²) < 4.78 is 11.2. The summed E-state index contributed by atoms with van der Waals surface area (Å²) in [4.78, 5) is 4.06. The van der Waals surface area contributed by atoms with Crippen LogP contribution in [0.4, 0.5) is 11.4 Å². The van der Waals surface area contributed by atoms with Crippen molar-refractivity contribution < 1.29 is 9.47 Å². The van der Waals surface area contributed by atoms with Gasteiger partial charge in [0.05, 0.1) is 31.3 Å². The van der Waals surface area contributed by atoms with Crippen LogP contribution in [0.2, 0.25) is 0 Å². The highest BCUT2D eigenvalue weighted by atomic mass is 16.5. The Hall–Kier alpha value is -2.43. The standard InChI is InChI=1S/C16H21N3O2/c1-10(2)9-21-16-12(4-5-13(17)15(16)18)11-6-7-19-8-14(11)20-3/h4-8,10H,9,17-18H2,1-3H3. The van der Waals surface area contributed by atoms with Gasteiger partial charge in [0.2, 0.25) is 0 Å². The molecule has 5 heteroatoms. The first kappa shape index (κ1) is 15.0. The molecule has 0 bridgehead atoms. The zero-order chi connectivity index (χ0) is 15.4. The molecule has 0 unspecified atom stereocenters. The van der Waals surface area contributed by atoms with Crippen LogP contribution in [0.15, 0.2) is 30.6 Å². The summed E-state index contributed by atoms with van der Waals surface area (Å²) in [5.41, 5.74) is 14.7. The molecule has 4 N–H and O–H groups in total. The lowest BCUT2D eigenvalue weighted by molar-refractivity contribution is 0.273. The Labute approximate surface area is 124 Å². The monoisotopic (exact) mass is 287 g/mol. The second kappa shape index (κ2) is 6.35. The molecule has 0 spiro atoms. The van der Waals surface area contributed by atoms with Crippen LogP contribution >= 0.6 is 0 Å². The lowest BCUT2D eigenvalue weighted by Crippen LogP contribution is -2.08. The van der Waals surface area contributed by atoms with Crippen LogP contribution < -0.4 is 20.9 Å². The molecule has 0 aliphatic rings. The number of nitrogens with two attached hydrogens (primary N) is 2. The highest BCUT2D eigenvalue weighted by Gasteiger charge is 2.16. The minimum atomic E-state index is 0.387. The molecule has 0 fully saturated rings. The van der Waals surface area contributed by atoms with Gasteiger partial charge in [-0.2, -0.15) is 0 Å². The van der Waals surface area contributed by atoms with E-state index in [0.29, 0.717) is 35.4 Å². The number of rotatable bonds is 5. The molecular formula is C16H21N3O2. The zero-order valence-corrected chi connectivity index (χ0v) is 12.6. The number of aromatic nitrogens is 1. The highest BCUT2D eigenvalue weighted by Crippen LogP contribution is 2.41. The fraction of sp³-hybridized carbons (Fsp3) is 0.312. The van der Waals surface area contributed by atoms with Crippen LogP contribution in [0, 0.1) is 5.92 Å². The van der Waals surface area contributed by atoms with Gasteiger partial charge >= 0.3 is 0 Å². The van der Waals surface area contributed by atoms with Crippen LogP contribution in [-0.2, 0) is 0 Å². The summed E-state index contributed by atoms with van der Waals surface area (Å²) in [6.07, 6.45) is 3.37. The molecule has 0 saturated heterocycles.